The minimum atomic E-state index is -1.26. The zero-order valence-electron chi connectivity index (χ0n) is 14.4. The second-order valence-electron chi connectivity index (χ2n) is 6.11. The first-order valence-electron chi connectivity index (χ1n) is 8.27. The Morgan fingerprint density at radius 1 is 1.38 bits per heavy atom. The number of esters is 1. The molecule has 0 bridgehead atoms. The van der Waals surface area contributed by atoms with E-state index in [0.717, 1.165) is 19.4 Å². The van der Waals surface area contributed by atoms with E-state index in [-0.39, 0.29) is 19.1 Å². The molecule has 0 aliphatic heterocycles. The second kappa shape index (κ2) is 8.58. The van der Waals surface area contributed by atoms with Crippen molar-refractivity contribution < 1.29 is 14.6 Å². The zero-order valence-corrected chi connectivity index (χ0v) is 14.4. The van der Waals surface area contributed by atoms with Crippen LogP contribution in [-0.2, 0) is 16.1 Å². The molecule has 0 spiro atoms. The van der Waals surface area contributed by atoms with Crippen LogP contribution in [0.4, 0.5) is 5.82 Å². The Bertz CT molecular complexity index is 671. The fourth-order valence-corrected chi connectivity index (χ4v) is 2.13. The minimum absolute atomic E-state index is 0.0405. The Labute approximate surface area is 141 Å². The maximum atomic E-state index is 11.8. The van der Waals surface area contributed by atoms with Crippen molar-refractivity contribution in [2.75, 3.05) is 18.5 Å². The lowest BCUT2D eigenvalue weighted by molar-refractivity contribution is -0.155. The Kier molecular flexibility index (Phi) is 6.48. The molecule has 2 rings (SSSR count). The number of hydrogen-bond donors (Lipinski definition) is 2. The van der Waals surface area contributed by atoms with Crippen molar-refractivity contribution in [2.24, 2.45) is 5.92 Å². The fraction of sp³-hybridized carbons (Fsp3) is 0.625. The molecule has 0 aliphatic rings. The van der Waals surface area contributed by atoms with Crippen molar-refractivity contribution >= 4 is 23.0 Å². The van der Waals surface area contributed by atoms with E-state index in [1.54, 1.807) is 10.9 Å². The van der Waals surface area contributed by atoms with Crippen LogP contribution >= 0.6 is 0 Å². The summed E-state index contributed by atoms with van der Waals surface area (Å²) in [6.45, 7) is 7.12. The van der Waals surface area contributed by atoms with E-state index in [4.69, 9.17) is 4.74 Å². The molecule has 8 nitrogen and oxygen atoms in total. The van der Waals surface area contributed by atoms with Gasteiger partial charge >= 0.3 is 5.97 Å². The van der Waals surface area contributed by atoms with Gasteiger partial charge in [-0.2, -0.15) is 0 Å². The summed E-state index contributed by atoms with van der Waals surface area (Å²) in [4.78, 5) is 24.5. The lowest BCUT2D eigenvalue weighted by Gasteiger charge is -2.13. The van der Waals surface area contributed by atoms with Crippen LogP contribution in [0.3, 0.4) is 0 Å². The fourth-order valence-electron chi connectivity index (χ4n) is 2.13. The van der Waals surface area contributed by atoms with Crippen molar-refractivity contribution in [3.05, 3.63) is 12.7 Å². The van der Waals surface area contributed by atoms with E-state index < -0.39 is 12.1 Å². The number of fused-ring (bicyclic) bond motifs is 1. The first-order chi connectivity index (χ1) is 11.5. The lowest BCUT2D eigenvalue weighted by atomic mass is 10.2. The number of imidazole rings is 1. The van der Waals surface area contributed by atoms with Gasteiger partial charge in [-0.3, -0.25) is 0 Å². The highest BCUT2D eigenvalue weighted by molar-refractivity contribution is 5.83. The van der Waals surface area contributed by atoms with Crippen molar-refractivity contribution in [2.45, 2.75) is 46.3 Å². The molecule has 0 amide bonds. The van der Waals surface area contributed by atoms with Crippen LogP contribution in [0, 0.1) is 5.92 Å². The molecule has 0 aliphatic carbocycles. The summed E-state index contributed by atoms with van der Waals surface area (Å²) in [5.74, 6) is 0.240. The van der Waals surface area contributed by atoms with Crippen LogP contribution in [0.15, 0.2) is 12.7 Å². The predicted octanol–water partition coefficient (Wildman–Crippen LogP) is 1.60. The molecule has 1 atom stereocenters. The van der Waals surface area contributed by atoms with Gasteiger partial charge in [-0.1, -0.05) is 27.2 Å². The molecule has 8 heteroatoms. The number of rotatable bonds is 9. The van der Waals surface area contributed by atoms with E-state index in [1.807, 2.05) is 13.8 Å². The minimum Gasteiger partial charge on any atom is -0.463 e. The Hall–Kier alpha value is -2.22. The normalized spacial score (nSPS) is 12.5. The van der Waals surface area contributed by atoms with Crippen LogP contribution in [0.2, 0.25) is 0 Å². The van der Waals surface area contributed by atoms with Gasteiger partial charge in [-0.05, 0) is 12.3 Å². The summed E-state index contributed by atoms with van der Waals surface area (Å²) < 4.78 is 6.68. The third kappa shape index (κ3) is 4.64. The van der Waals surface area contributed by atoms with Crippen molar-refractivity contribution in [1.82, 2.24) is 19.5 Å². The molecule has 0 saturated carbocycles. The van der Waals surface area contributed by atoms with E-state index in [1.165, 1.54) is 6.33 Å². The highest BCUT2D eigenvalue weighted by Crippen LogP contribution is 2.17. The van der Waals surface area contributed by atoms with Gasteiger partial charge < -0.3 is 19.7 Å². The first kappa shape index (κ1) is 18.1. The van der Waals surface area contributed by atoms with Gasteiger partial charge in [-0.25, -0.2) is 19.7 Å². The van der Waals surface area contributed by atoms with Crippen LogP contribution in [0.5, 0.6) is 0 Å². The van der Waals surface area contributed by atoms with Gasteiger partial charge in [0, 0.05) is 6.54 Å². The van der Waals surface area contributed by atoms with E-state index in [0.29, 0.717) is 17.0 Å². The number of aliphatic hydroxyl groups is 1. The number of aromatic nitrogens is 4. The number of carbonyl (C=O) groups is 1. The molecular weight excluding hydrogens is 310 g/mol. The summed E-state index contributed by atoms with van der Waals surface area (Å²) in [5, 5.41) is 13.3. The first-order valence-corrected chi connectivity index (χ1v) is 8.27. The van der Waals surface area contributed by atoms with Crippen LogP contribution in [-0.4, -0.2) is 49.9 Å². The topological polar surface area (TPSA) is 102 Å². The van der Waals surface area contributed by atoms with Gasteiger partial charge in [0.05, 0.1) is 19.5 Å². The lowest BCUT2D eigenvalue weighted by Crippen LogP contribution is -2.29. The summed E-state index contributed by atoms with van der Waals surface area (Å²) in [5.41, 5.74) is 1.19. The SMILES string of the molecule is CCCCNc1ncnc2c1ncn2C[C@@H](O)C(=O)OCC(C)C. The molecule has 0 unspecified atom stereocenters. The average Bonchev–Trinajstić information content (AvgIpc) is 2.96. The number of aliphatic hydroxyl groups excluding tert-OH is 1. The molecule has 2 aromatic heterocycles. The van der Waals surface area contributed by atoms with Crippen molar-refractivity contribution in [1.29, 1.82) is 0 Å². The third-order valence-corrected chi connectivity index (χ3v) is 3.42. The Morgan fingerprint density at radius 2 is 2.17 bits per heavy atom. The average molecular weight is 335 g/mol. The maximum Gasteiger partial charge on any atom is 0.336 e. The molecule has 0 aromatic carbocycles. The molecule has 2 N–H and O–H groups in total. The number of ether oxygens (including phenoxy) is 1. The number of anilines is 1. The number of hydrogen-bond acceptors (Lipinski definition) is 7. The second-order valence-corrected chi connectivity index (χ2v) is 6.11. The highest BCUT2D eigenvalue weighted by atomic mass is 16.5. The third-order valence-electron chi connectivity index (χ3n) is 3.42. The molecule has 132 valence electrons. The van der Waals surface area contributed by atoms with Gasteiger partial charge in [0.25, 0.3) is 0 Å². The quantitative estimate of drug-likeness (QED) is 0.530. The number of nitrogens with one attached hydrogen (secondary N) is 1. The molecular formula is C16H25N5O3. The summed E-state index contributed by atoms with van der Waals surface area (Å²) >= 11 is 0. The van der Waals surface area contributed by atoms with E-state index in [9.17, 15) is 9.90 Å². The smallest absolute Gasteiger partial charge is 0.336 e. The summed E-state index contributed by atoms with van der Waals surface area (Å²) in [6, 6.07) is 0. The molecule has 2 heterocycles. The molecule has 0 fully saturated rings. The largest absolute Gasteiger partial charge is 0.463 e. The molecule has 24 heavy (non-hydrogen) atoms. The van der Waals surface area contributed by atoms with Crippen molar-refractivity contribution in [3.63, 3.8) is 0 Å². The molecule has 2 aromatic rings. The van der Waals surface area contributed by atoms with Gasteiger partial charge in [0.15, 0.2) is 17.6 Å². The molecule has 0 saturated heterocycles. The van der Waals surface area contributed by atoms with Crippen LogP contribution in [0.1, 0.15) is 33.6 Å². The number of carbonyl (C=O) groups excluding carboxylic acids is 1. The van der Waals surface area contributed by atoms with Gasteiger partial charge in [0.2, 0.25) is 0 Å². The molecule has 0 radical (unpaired) electrons. The van der Waals surface area contributed by atoms with E-state index in [2.05, 4.69) is 27.2 Å². The van der Waals surface area contributed by atoms with E-state index >= 15 is 0 Å². The van der Waals surface area contributed by atoms with Gasteiger partial charge in [-0.15, -0.1) is 0 Å². The number of unbranched alkanes of at least 4 members (excludes halogenated alkanes) is 1. The summed E-state index contributed by atoms with van der Waals surface area (Å²) in [6.07, 6.45) is 3.85. The van der Waals surface area contributed by atoms with Crippen LogP contribution < -0.4 is 5.32 Å². The Morgan fingerprint density at radius 3 is 2.88 bits per heavy atom. The van der Waals surface area contributed by atoms with Crippen LogP contribution in [0.25, 0.3) is 11.2 Å². The highest BCUT2D eigenvalue weighted by Gasteiger charge is 2.20. The van der Waals surface area contributed by atoms with Gasteiger partial charge in [0.1, 0.15) is 11.8 Å². The number of nitrogens with zero attached hydrogens (tertiary/aromatic N) is 4. The maximum absolute atomic E-state index is 11.8. The summed E-state index contributed by atoms with van der Waals surface area (Å²) in [7, 11) is 0. The predicted molar refractivity (Wildman–Crippen MR) is 90.5 cm³/mol. The van der Waals surface area contributed by atoms with Crippen molar-refractivity contribution in [3.8, 4) is 0 Å². The zero-order chi connectivity index (χ0) is 17.5. The Balaban J connectivity index is 2.07. The monoisotopic (exact) mass is 335 g/mol. The standard InChI is InChI=1S/C16H25N5O3/c1-4-5-6-17-14-13-15(19-9-18-14)21(10-20-13)7-12(22)16(23)24-8-11(2)3/h9-12,22H,4-8H2,1-3H3,(H,17,18,19)/t12-/m1/s1.